The normalized spacial score (nSPS) is 13.0. The maximum Gasteiger partial charge on any atom is 0.306 e. The molecule has 0 amide bonds. The smallest absolute Gasteiger partial charge is 0.306 e. The molecule has 5 nitrogen and oxygen atoms in total. The van der Waals surface area contributed by atoms with Crippen LogP contribution in [-0.2, 0) is 23.9 Å². The van der Waals surface area contributed by atoms with Crippen molar-refractivity contribution in [3.8, 4) is 0 Å². The molecule has 228 valence electrons. The van der Waals surface area contributed by atoms with Crippen LogP contribution in [0.25, 0.3) is 0 Å². The highest BCUT2D eigenvalue weighted by atomic mass is 16.5. The molecule has 0 aromatic carbocycles. The summed E-state index contributed by atoms with van der Waals surface area (Å²) < 4.78 is 11.6. The van der Waals surface area contributed by atoms with E-state index in [9.17, 15) is 14.4 Å². The van der Waals surface area contributed by atoms with Gasteiger partial charge in [0.05, 0.1) is 6.10 Å². The molecule has 0 aliphatic carbocycles. The summed E-state index contributed by atoms with van der Waals surface area (Å²) >= 11 is 0. The second kappa shape index (κ2) is 29.5. The number of esters is 1. The van der Waals surface area contributed by atoms with Crippen LogP contribution in [0.5, 0.6) is 0 Å². The number of Topliss-reactive ketones (excluding diaryl/α,β-unsaturated/α-hetero) is 1. The van der Waals surface area contributed by atoms with E-state index in [1.54, 1.807) is 0 Å². The fraction of sp³-hybridized carbons (Fsp3) is 0.853. The third-order valence-corrected chi connectivity index (χ3v) is 7.35. The summed E-state index contributed by atoms with van der Waals surface area (Å²) in [6, 6.07) is 0. The van der Waals surface area contributed by atoms with Gasteiger partial charge in [0, 0.05) is 19.3 Å². The van der Waals surface area contributed by atoms with Crippen LogP contribution >= 0.6 is 0 Å². The zero-order valence-corrected chi connectivity index (χ0v) is 25.9. The summed E-state index contributed by atoms with van der Waals surface area (Å²) in [5.41, 5.74) is 0. The van der Waals surface area contributed by atoms with E-state index < -0.39 is 0 Å². The van der Waals surface area contributed by atoms with Gasteiger partial charge < -0.3 is 14.3 Å². The summed E-state index contributed by atoms with van der Waals surface area (Å²) in [7, 11) is 0. The van der Waals surface area contributed by atoms with Gasteiger partial charge in [-0.1, -0.05) is 110 Å². The molecule has 0 radical (unpaired) electrons. The molecule has 0 saturated heterocycles. The maximum atomic E-state index is 12.1. The van der Waals surface area contributed by atoms with Gasteiger partial charge in [-0.25, -0.2) is 0 Å². The third-order valence-electron chi connectivity index (χ3n) is 7.35. The molecule has 0 N–H and O–H groups in total. The highest BCUT2D eigenvalue weighted by molar-refractivity contribution is 5.81. The van der Waals surface area contributed by atoms with Crippen LogP contribution in [0.1, 0.15) is 168 Å². The first-order valence-corrected chi connectivity index (χ1v) is 16.5. The van der Waals surface area contributed by atoms with Crippen molar-refractivity contribution in [2.24, 2.45) is 0 Å². The quantitative estimate of drug-likeness (QED) is 0.0385. The van der Waals surface area contributed by atoms with Gasteiger partial charge in [-0.05, 0) is 51.4 Å². The molecule has 0 spiro atoms. The lowest BCUT2D eigenvalue weighted by Gasteiger charge is -2.16. The van der Waals surface area contributed by atoms with Gasteiger partial charge in [0.25, 0.3) is 0 Å². The summed E-state index contributed by atoms with van der Waals surface area (Å²) in [5, 5.41) is 0. The Hall–Kier alpha value is -1.49. The van der Waals surface area contributed by atoms with Crippen LogP contribution in [0, 0.1) is 0 Å². The Morgan fingerprint density at radius 1 is 0.641 bits per heavy atom. The predicted octanol–water partition coefficient (Wildman–Crippen LogP) is 9.64. The number of carbonyl (C=O) groups excluding carboxylic acids is 3. The lowest BCUT2D eigenvalue weighted by Crippen LogP contribution is -2.18. The average Bonchev–Trinajstić information content (AvgIpc) is 2.94. The van der Waals surface area contributed by atoms with Gasteiger partial charge in [0.2, 0.25) is 0 Å². The van der Waals surface area contributed by atoms with Gasteiger partial charge in [-0.3, -0.25) is 9.59 Å². The van der Waals surface area contributed by atoms with Crippen LogP contribution in [0.4, 0.5) is 0 Å². The van der Waals surface area contributed by atoms with E-state index in [-0.39, 0.29) is 43.4 Å². The fourth-order valence-electron chi connectivity index (χ4n) is 4.74. The monoisotopic (exact) mass is 550 g/mol. The van der Waals surface area contributed by atoms with E-state index in [0.29, 0.717) is 6.42 Å². The first-order valence-electron chi connectivity index (χ1n) is 16.5. The van der Waals surface area contributed by atoms with E-state index in [4.69, 9.17) is 9.47 Å². The predicted molar refractivity (Wildman–Crippen MR) is 163 cm³/mol. The molecular weight excluding hydrogens is 488 g/mol. The Kier molecular flexibility index (Phi) is 28.4. The van der Waals surface area contributed by atoms with Crippen LogP contribution in [0.15, 0.2) is 12.2 Å². The number of aldehydes is 1. The zero-order valence-electron chi connectivity index (χ0n) is 25.9. The average molecular weight is 551 g/mol. The molecule has 0 aromatic rings. The van der Waals surface area contributed by atoms with Crippen LogP contribution < -0.4 is 0 Å². The summed E-state index contributed by atoms with van der Waals surface area (Å²) in [5.74, 6) is 0.00472. The number of allylic oxidation sites excluding steroid dienone is 1. The minimum absolute atomic E-state index is 0.0118. The summed E-state index contributed by atoms with van der Waals surface area (Å²) in [6.45, 7) is 6.66. The van der Waals surface area contributed by atoms with E-state index >= 15 is 0 Å². The second-order valence-electron chi connectivity index (χ2n) is 11.1. The highest BCUT2D eigenvalue weighted by Crippen LogP contribution is 2.15. The van der Waals surface area contributed by atoms with Gasteiger partial charge in [-0.2, -0.15) is 0 Å². The number of hydrogen-bond acceptors (Lipinski definition) is 5. The maximum absolute atomic E-state index is 12.1. The fourth-order valence-corrected chi connectivity index (χ4v) is 4.74. The van der Waals surface area contributed by atoms with Gasteiger partial charge in [0.1, 0.15) is 19.0 Å². The Bertz CT molecular complexity index is 600. The van der Waals surface area contributed by atoms with Gasteiger partial charge in [0.15, 0.2) is 5.78 Å². The molecule has 0 rings (SSSR count). The number of unbranched alkanes of at least 4 members (excludes halogenated alkanes) is 13. The number of hydrogen-bond donors (Lipinski definition) is 0. The number of rotatable bonds is 30. The Morgan fingerprint density at radius 2 is 1.23 bits per heavy atom. The molecule has 2 atom stereocenters. The standard InChI is InChI=1S/C34H62O5/c1-4-7-9-19-25-32(6-3)39-34(37)28-22-18-16-14-12-11-13-15-17-21-27-33(26-20-10-8-5-2)38-30-31(36)24-23-29-35/h17,21,29,32-33H,4-16,18-20,22-28,30H2,1-3H3. The number of ether oxygens (including phenoxy) is 2. The van der Waals surface area contributed by atoms with E-state index in [1.807, 2.05) is 0 Å². The van der Waals surface area contributed by atoms with Gasteiger partial charge >= 0.3 is 5.97 Å². The highest BCUT2D eigenvalue weighted by Gasteiger charge is 2.12. The number of carbonyl (C=O) groups is 3. The van der Waals surface area contributed by atoms with E-state index in [2.05, 4.69) is 32.9 Å². The van der Waals surface area contributed by atoms with Crippen molar-refractivity contribution < 1.29 is 23.9 Å². The lowest BCUT2D eigenvalue weighted by atomic mass is 10.1. The second-order valence-corrected chi connectivity index (χ2v) is 11.1. The van der Waals surface area contributed by atoms with Crippen LogP contribution in [-0.4, -0.2) is 36.9 Å². The Labute approximate surface area is 241 Å². The molecule has 0 heterocycles. The van der Waals surface area contributed by atoms with E-state index in [0.717, 1.165) is 64.1 Å². The Balaban J connectivity index is 3.86. The number of ketones is 1. The molecule has 39 heavy (non-hydrogen) atoms. The lowest BCUT2D eigenvalue weighted by molar-refractivity contribution is -0.149. The summed E-state index contributed by atoms with van der Waals surface area (Å²) in [6.07, 6.45) is 29.3. The first kappa shape index (κ1) is 37.5. The zero-order chi connectivity index (χ0) is 28.8. The first-order chi connectivity index (χ1) is 19.1. The van der Waals surface area contributed by atoms with Crippen molar-refractivity contribution in [2.75, 3.05) is 6.61 Å². The van der Waals surface area contributed by atoms with Crippen molar-refractivity contribution in [3.63, 3.8) is 0 Å². The molecule has 0 aromatic heterocycles. The third kappa shape index (κ3) is 26.5. The molecule has 0 saturated carbocycles. The SMILES string of the molecule is CCCCCCC(CC=CCCCCCCCCCC(=O)OC(CC)CCCCCC)OCC(=O)CCC=O. The minimum Gasteiger partial charge on any atom is -0.462 e. The minimum atomic E-state index is -0.0118. The van der Waals surface area contributed by atoms with Crippen LogP contribution in [0.3, 0.4) is 0 Å². The van der Waals surface area contributed by atoms with Crippen molar-refractivity contribution >= 4 is 18.0 Å². The summed E-state index contributed by atoms with van der Waals surface area (Å²) in [4.78, 5) is 34.4. The molecule has 5 heteroatoms. The largest absolute Gasteiger partial charge is 0.462 e. The van der Waals surface area contributed by atoms with Crippen molar-refractivity contribution in [1.82, 2.24) is 0 Å². The Morgan fingerprint density at radius 3 is 1.85 bits per heavy atom. The van der Waals surface area contributed by atoms with E-state index in [1.165, 1.54) is 70.6 Å². The molecule has 0 aliphatic rings. The molecule has 2 unspecified atom stereocenters. The van der Waals surface area contributed by atoms with Gasteiger partial charge in [-0.15, -0.1) is 0 Å². The molecule has 0 fully saturated rings. The molecule has 0 aliphatic heterocycles. The molecule has 0 bridgehead atoms. The van der Waals surface area contributed by atoms with Crippen molar-refractivity contribution in [3.05, 3.63) is 12.2 Å². The van der Waals surface area contributed by atoms with Crippen LogP contribution in [0.2, 0.25) is 0 Å². The van der Waals surface area contributed by atoms with Crippen molar-refractivity contribution in [1.29, 1.82) is 0 Å². The topological polar surface area (TPSA) is 69.7 Å². The molecular formula is C34H62O5. The van der Waals surface area contributed by atoms with Crippen molar-refractivity contribution in [2.45, 2.75) is 181 Å².